The molecule has 4 N–H and O–H groups in total. The number of rotatable bonds is 10. The second-order valence-corrected chi connectivity index (χ2v) is 12.6. The van der Waals surface area contributed by atoms with Crippen molar-refractivity contribution in [3.63, 3.8) is 0 Å². The monoisotopic (exact) mass is 366 g/mol. The number of carboxylic acid groups (broad SMARTS) is 1. The molecule has 0 heterocycles. The third kappa shape index (κ3) is 8.71. The van der Waals surface area contributed by atoms with Gasteiger partial charge in [0.1, 0.15) is 5.54 Å². The number of hydrogen-bond acceptors (Lipinski definition) is 3. The molecule has 0 radical (unpaired) electrons. The van der Waals surface area contributed by atoms with E-state index in [9.17, 15) is 14.7 Å². The van der Waals surface area contributed by atoms with Crippen LogP contribution in [0.3, 0.4) is 0 Å². The highest BCUT2D eigenvalue weighted by Gasteiger charge is 2.34. The van der Waals surface area contributed by atoms with Gasteiger partial charge in [-0.25, -0.2) is 0 Å². The SMILES string of the molecule is C[Si](C)(C)CC[C@@](N)(CCCCNC(=O)CBr)C(=O)O. The van der Waals surface area contributed by atoms with Crippen LogP contribution in [0, 0.1) is 0 Å². The van der Waals surface area contributed by atoms with E-state index in [1.807, 2.05) is 0 Å². The van der Waals surface area contributed by atoms with E-state index in [4.69, 9.17) is 5.73 Å². The highest BCUT2D eigenvalue weighted by molar-refractivity contribution is 9.09. The molecule has 0 aliphatic heterocycles. The zero-order valence-corrected chi connectivity index (χ0v) is 15.3. The molecule has 7 heteroatoms. The predicted octanol–water partition coefficient (Wildman–Crippen LogP) is 2.18. The van der Waals surface area contributed by atoms with Crippen molar-refractivity contribution in [2.24, 2.45) is 5.73 Å². The van der Waals surface area contributed by atoms with Crippen molar-refractivity contribution in [3.05, 3.63) is 0 Å². The number of carbonyl (C=O) groups is 2. The van der Waals surface area contributed by atoms with Crippen LogP contribution in [0.5, 0.6) is 0 Å². The number of unbranched alkanes of at least 4 members (excludes halogenated alkanes) is 1. The van der Waals surface area contributed by atoms with E-state index in [-0.39, 0.29) is 5.91 Å². The molecule has 0 spiro atoms. The molecule has 20 heavy (non-hydrogen) atoms. The fraction of sp³-hybridized carbons (Fsp3) is 0.846. The van der Waals surface area contributed by atoms with Crippen molar-refractivity contribution in [1.82, 2.24) is 5.32 Å². The van der Waals surface area contributed by atoms with Crippen molar-refractivity contribution < 1.29 is 14.7 Å². The second-order valence-electron chi connectivity index (χ2n) is 6.46. The summed E-state index contributed by atoms with van der Waals surface area (Å²) in [6, 6.07) is 0.913. The van der Waals surface area contributed by atoms with Gasteiger partial charge >= 0.3 is 5.97 Å². The molecule has 0 saturated heterocycles. The maximum atomic E-state index is 11.4. The number of nitrogens with one attached hydrogen (secondary N) is 1. The molecule has 5 nitrogen and oxygen atoms in total. The number of nitrogens with two attached hydrogens (primary N) is 1. The molecular weight excluding hydrogens is 340 g/mol. The van der Waals surface area contributed by atoms with Gasteiger partial charge in [0.05, 0.1) is 5.33 Å². The number of aliphatic carboxylic acids is 1. The number of carbonyl (C=O) groups excluding carboxylic acids is 1. The number of carboxylic acids is 1. The van der Waals surface area contributed by atoms with Crippen LogP contribution >= 0.6 is 15.9 Å². The van der Waals surface area contributed by atoms with Gasteiger partial charge in [0.15, 0.2) is 0 Å². The Morgan fingerprint density at radius 3 is 2.30 bits per heavy atom. The molecule has 0 unspecified atom stereocenters. The first-order chi connectivity index (χ1) is 9.10. The summed E-state index contributed by atoms with van der Waals surface area (Å²) in [7, 11) is -1.29. The van der Waals surface area contributed by atoms with Crippen molar-refractivity contribution >= 4 is 35.9 Å². The zero-order valence-electron chi connectivity index (χ0n) is 12.7. The summed E-state index contributed by atoms with van der Waals surface area (Å²) in [6.07, 6.45) is 2.44. The minimum Gasteiger partial charge on any atom is -0.480 e. The van der Waals surface area contributed by atoms with Crippen LogP contribution in [0.25, 0.3) is 0 Å². The summed E-state index contributed by atoms with van der Waals surface area (Å²) < 4.78 is 0. The van der Waals surface area contributed by atoms with Crippen molar-refractivity contribution in [1.29, 1.82) is 0 Å². The van der Waals surface area contributed by atoms with Gasteiger partial charge in [0, 0.05) is 14.6 Å². The molecule has 0 aromatic heterocycles. The van der Waals surface area contributed by atoms with Gasteiger partial charge in [-0.15, -0.1) is 0 Å². The van der Waals surface area contributed by atoms with E-state index in [0.717, 1.165) is 12.5 Å². The molecule has 0 aromatic rings. The van der Waals surface area contributed by atoms with E-state index in [2.05, 4.69) is 40.9 Å². The fourth-order valence-electron chi connectivity index (χ4n) is 1.78. The number of halogens is 1. The summed E-state index contributed by atoms with van der Waals surface area (Å²) in [5.74, 6) is -0.971. The normalized spacial score (nSPS) is 14.7. The van der Waals surface area contributed by atoms with E-state index < -0.39 is 19.6 Å². The second kappa shape index (κ2) is 8.79. The third-order valence-electron chi connectivity index (χ3n) is 3.24. The first-order valence-corrected chi connectivity index (χ1v) is 11.8. The van der Waals surface area contributed by atoms with Crippen LogP contribution in [0.2, 0.25) is 25.7 Å². The first kappa shape index (κ1) is 19.6. The Bertz CT molecular complexity index is 334. The highest BCUT2D eigenvalue weighted by atomic mass is 79.9. The Morgan fingerprint density at radius 2 is 1.85 bits per heavy atom. The summed E-state index contributed by atoms with van der Waals surface area (Å²) >= 11 is 3.07. The Hall–Kier alpha value is -0.403. The lowest BCUT2D eigenvalue weighted by Crippen LogP contribution is -2.49. The summed E-state index contributed by atoms with van der Waals surface area (Å²) in [4.78, 5) is 22.4. The molecule has 118 valence electrons. The lowest BCUT2D eigenvalue weighted by Gasteiger charge is -2.28. The van der Waals surface area contributed by atoms with Crippen molar-refractivity contribution in [2.45, 2.75) is 56.9 Å². The topological polar surface area (TPSA) is 92.4 Å². The van der Waals surface area contributed by atoms with Crippen molar-refractivity contribution in [3.8, 4) is 0 Å². The Kier molecular flexibility index (Phi) is 8.61. The van der Waals surface area contributed by atoms with Gasteiger partial charge in [0.2, 0.25) is 5.91 Å². The molecule has 0 aliphatic carbocycles. The maximum Gasteiger partial charge on any atom is 0.323 e. The molecule has 0 aliphatic rings. The van der Waals surface area contributed by atoms with Gasteiger partial charge in [-0.3, -0.25) is 9.59 Å². The Balaban J connectivity index is 4.14. The predicted molar refractivity (Wildman–Crippen MR) is 88.0 cm³/mol. The van der Waals surface area contributed by atoms with E-state index in [1.165, 1.54) is 0 Å². The number of amides is 1. The minimum absolute atomic E-state index is 0.0546. The summed E-state index contributed by atoms with van der Waals surface area (Å²) in [6.45, 7) is 7.20. The lowest BCUT2D eigenvalue weighted by atomic mass is 9.91. The molecule has 0 rings (SSSR count). The first-order valence-electron chi connectivity index (χ1n) is 6.96. The molecule has 0 bridgehead atoms. The van der Waals surface area contributed by atoms with Crippen LogP contribution in [0.15, 0.2) is 0 Å². The molecule has 0 aromatic carbocycles. The Labute approximate surface area is 130 Å². The minimum atomic E-state index is -1.29. The smallest absolute Gasteiger partial charge is 0.323 e. The summed E-state index contributed by atoms with van der Waals surface area (Å²) in [5, 5.41) is 12.4. The summed E-state index contributed by atoms with van der Waals surface area (Å²) in [5.41, 5.74) is 4.92. The number of hydrogen-bond donors (Lipinski definition) is 3. The average molecular weight is 367 g/mol. The average Bonchev–Trinajstić information content (AvgIpc) is 2.34. The quantitative estimate of drug-likeness (QED) is 0.313. The standard InChI is InChI=1S/C13H27BrN2O3Si/c1-20(2,3)9-7-13(15,12(18)19)6-4-5-8-16-11(17)10-14/h4-10,15H2,1-3H3,(H,16,17)(H,18,19)/t13-/m0/s1. The van der Waals surface area contributed by atoms with Gasteiger partial charge < -0.3 is 16.2 Å². The maximum absolute atomic E-state index is 11.4. The van der Waals surface area contributed by atoms with Gasteiger partial charge in [0.25, 0.3) is 0 Å². The van der Waals surface area contributed by atoms with Crippen LogP contribution < -0.4 is 11.1 Å². The molecular formula is C13H27BrN2O3Si. The van der Waals surface area contributed by atoms with Gasteiger partial charge in [-0.2, -0.15) is 0 Å². The Morgan fingerprint density at radius 1 is 1.25 bits per heavy atom. The van der Waals surface area contributed by atoms with E-state index >= 15 is 0 Å². The van der Waals surface area contributed by atoms with Crippen LogP contribution in [-0.2, 0) is 9.59 Å². The molecule has 1 amide bonds. The van der Waals surface area contributed by atoms with Gasteiger partial charge in [-0.05, 0) is 25.7 Å². The van der Waals surface area contributed by atoms with E-state index in [0.29, 0.717) is 31.1 Å². The fourth-order valence-corrected chi connectivity index (χ4v) is 3.17. The molecule has 0 fully saturated rings. The third-order valence-corrected chi connectivity index (χ3v) is 5.50. The highest BCUT2D eigenvalue weighted by Crippen LogP contribution is 2.23. The van der Waals surface area contributed by atoms with Crippen LogP contribution in [-0.4, -0.2) is 42.5 Å². The van der Waals surface area contributed by atoms with Crippen LogP contribution in [0.1, 0.15) is 25.7 Å². The van der Waals surface area contributed by atoms with Crippen LogP contribution in [0.4, 0.5) is 0 Å². The van der Waals surface area contributed by atoms with Gasteiger partial charge in [-0.1, -0.05) is 41.6 Å². The number of alkyl halides is 1. The molecule has 0 saturated carbocycles. The van der Waals surface area contributed by atoms with E-state index in [1.54, 1.807) is 0 Å². The molecule has 1 atom stereocenters. The van der Waals surface area contributed by atoms with Crippen molar-refractivity contribution in [2.75, 3.05) is 11.9 Å². The largest absolute Gasteiger partial charge is 0.480 e. The lowest BCUT2D eigenvalue weighted by molar-refractivity contribution is -0.143. The zero-order chi connectivity index (χ0) is 15.8.